The zero-order valence-electron chi connectivity index (χ0n) is 15.0. The molecule has 2 aromatic carbocycles. The molecule has 1 heterocycles. The maximum atomic E-state index is 11.7. The number of anilines is 1. The van der Waals surface area contributed by atoms with Crippen LogP contribution in [0.1, 0.15) is 52.7 Å². The van der Waals surface area contributed by atoms with Crippen molar-refractivity contribution in [3.63, 3.8) is 0 Å². The van der Waals surface area contributed by atoms with E-state index in [1.165, 1.54) is 6.07 Å². The number of nitrogens with zero attached hydrogens (tertiary/aromatic N) is 1. The van der Waals surface area contributed by atoms with Gasteiger partial charge in [0.2, 0.25) is 0 Å². The van der Waals surface area contributed by atoms with Gasteiger partial charge >= 0.3 is 5.97 Å². The molecule has 2 bridgehead atoms. The van der Waals surface area contributed by atoms with Crippen LogP contribution in [-0.2, 0) is 0 Å². The van der Waals surface area contributed by atoms with Crippen LogP contribution >= 0.6 is 11.6 Å². The lowest BCUT2D eigenvalue weighted by atomic mass is 9.67. The number of nitro groups is 1. The van der Waals surface area contributed by atoms with Gasteiger partial charge in [-0.2, -0.15) is 0 Å². The molecule has 5 atom stereocenters. The standard InChI is InChI=1S/C21H19ClN2O4/c22-14-7-8-15(24(27)28)18-16-12-5-6-13(9-12)17(16)19(23-20(14)18)10-1-3-11(4-2-10)21(25)26/h1-4,7-8,12-13,16-17,19,23H,5-6,9H2,(H,25,26)/t12-,13-,16-,17+,19-/m0/s1. The van der Waals surface area contributed by atoms with E-state index in [-0.39, 0.29) is 34.1 Å². The molecule has 7 heteroatoms. The first kappa shape index (κ1) is 17.5. The van der Waals surface area contributed by atoms with Crippen molar-refractivity contribution < 1.29 is 14.8 Å². The van der Waals surface area contributed by atoms with Crippen molar-refractivity contribution in [3.05, 3.63) is 68.2 Å². The van der Waals surface area contributed by atoms with Gasteiger partial charge in [0.05, 0.1) is 32.8 Å². The van der Waals surface area contributed by atoms with Crippen LogP contribution in [0.25, 0.3) is 0 Å². The van der Waals surface area contributed by atoms with Gasteiger partial charge in [-0.15, -0.1) is 0 Å². The molecule has 0 radical (unpaired) electrons. The Morgan fingerprint density at radius 3 is 2.54 bits per heavy atom. The van der Waals surface area contributed by atoms with E-state index in [0.29, 0.717) is 22.5 Å². The third kappa shape index (κ3) is 2.44. The number of carbonyl (C=O) groups is 1. The average molecular weight is 399 g/mol. The number of hydrogen-bond donors (Lipinski definition) is 2. The van der Waals surface area contributed by atoms with Crippen molar-refractivity contribution in [2.75, 3.05) is 5.32 Å². The fraction of sp³-hybridized carbons (Fsp3) is 0.381. The number of nitro benzene ring substituents is 1. The highest BCUT2D eigenvalue weighted by molar-refractivity contribution is 6.33. The largest absolute Gasteiger partial charge is 0.478 e. The van der Waals surface area contributed by atoms with E-state index in [2.05, 4.69) is 5.32 Å². The molecule has 0 unspecified atom stereocenters. The molecule has 2 aromatic rings. The summed E-state index contributed by atoms with van der Waals surface area (Å²) >= 11 is 6.47. The first-order valence-corrected chi connectivity index (χ1v) is 9.90. The maximum absolute atomic E-state index is 11.7. The molecule has 28 heavy (non-hydrogen) atoms. The van der Waals surface area contributed by atoms with Crippen molar-refractivity contribution in [1.82, 2.24) is 0 Å². The number of nitrogens with one attached hydrogen (secondary N) is 1. The van der Waals surface area contributed by atoms with E-state index in [9.17, 15) is 20.0 Å². The molecule has 144 valence electrons. The summed E-state index contributed by atoms with van der Waals surface area (Å²) in [7, 11) is 0. The molecule has 0 amide bonds. The Kier molecular flexibility index (Phi) is 3.88. The molecule has 6 nitrogen and oxygen atoms in total. The number of rotatable bonds is 3. The summed E-state index contributed by atoms with van der Waals surface area (Å²) in [4.78, 5) is 22.6. The van der Waals surface area contributed by atoms with Gasteiger partial charge in [-0.05, 0) is 60.8 Å². The lowest BCUT2D eigenvalue weighted by Crippen LogP contribution is -2.36. The molecule has 0 saturated heterocycles. The molecule has 2 aliphatic carbocycles. The second-order valence-electron chi connectivity index (χ2n) is 8.10. The van der Waals surface area contributed by atoms with Gasteiger partial charge < -0.3 is 10.4 Å². The third-order valence-electron chi connectivity index (χ3n) is 6.88. The Labute approximate surface area is 166 Å². The zero-order chi connectivity index (χ0) is 19.6. The number of aromatic carboxylic acids is 1. The highest BCUT2D eigenvalue weighted by Crippen LogP contribution is 2.65. The molecule has 0 spiro atoms. The molecule has 2 fully saturated rings. The first-order chi connectivity index (χ1) is 13.5. The summed E-state index contributed by atoms with van der Waals surface area (Å²) in [6.45, 7) is 0. The minimum Gasteiger partial charge on any atom is -0.478 e. The third-order valence-corrected chi connectivity index (χ3v) is 7.20. The van der Waals surface area contributed by atoms with Crippen LogP contribution in [0.4, 0.5) is 11.4 Å². The second kappa shape index (κ2) is 6.21. The Morgan fingerprint density at radius 1 is 1.14 bits per heavy atom. The fourth-order valence-corrected chi connectivity index (χ4v) is 6.08. The quantitative estimate of drug-likeness (QED) is 0.544. The van der Waals surface area contributed by atoms with Gasteiger partial charge in [-0.3, -0.25) is 10.1 Å². The first-order valence-electron chi connectivity index (χ1n) is 9.52. The number of benzene rings is 2. The van der Waals surface area contributed by atoms with E-state index in [0.717, 1.165) is 30.4 Å². The highest BCUT2D eigenvalue weighted by Gasteiger charge is 2.56. The molecule has 2 N–H and O–H groups in total. The summed E-state index contributed by atoms with van der Waals surface area (Å²) in [6, 6.07) is 10.0. The van der Waals surface area contributed by atoms with Crippen LogP contribution in [0, 0.1) is 27.9 Å². The molecule has 3 aliphatic rings. The molecule has 0 aromatic heterocycles. The van der Waals surface area contributed by atoms with Crippen LogP contribution in [0.5, 0.6) is 0 Å². The van der Waals surface area contributed by atoms with E-state index in [1.54, 1.807) is 18.2 Å². The lowest BCUT2D eigenvalue weighted by Gasteiger charge is -2.43. The van der Waals surface area contributed by atoms with Gasteiger partial charge in [-0.25, -0.2) is 4.79 Å². The summed E-state index contributed by atoms with van der Waals surface area (Å²) in [5, 5.41) is 24.9. The monoisotopic (exact) mass is 398 g/mol. The predicted octanol–water partition coefficient (Wildman–Crippen LogP) is 5.24. The highest BCUT2D eigenvalue weighted by atomic mass is 35.5. The van der Waals surface area contributed by atoms with Crippen molar-refractivity contribution >= 4 is 28.9 Å². The molecule has 5 rings (SSSR count). The maximum Gasteiger partial charge on any atom is 0.335 e. The fourth-order valence-electron chi connectivity index (χ4n) is 5.86. The Bertz CT molecular complexity index is 991. The van der Waals surface area contributed by atoms with Gasteiger partial charge in [0, 0.05) is 12.0 Å². The number of carboxylic acids is 1. The SMILES string of the molecule is O=C(O)c1ccc([C@@H]2Nc3c(Cl)ccc([N+](=O)[O-])c3[C@H]3[C@H]4CC[C@@H](C4)[C@H]32)cc1. The van der Waals surface area contributed by atoms with Gasteiger partial charge in [0.25, 0.3) is 5.69 Å². The van der Waals surface area contributed by atoms with Crippen LogP contribution in [0.2, 0.25) is 5.02 Å². The Morgan fingerprint density at radius 2 is 1.86 bits per heavy atom. The zero-order valence-corrected chi connectivity index (χ0v) is 15.7. The Hall–Kier alpha value is -2.60. The summed E-state index contributed by atoms with van der Waals surface area (Å²) in [5.74, 6) is 0.356. The molecule has 2 saturated carbocycles. The smallest absolute Gasteiger partial charge is 0.335 e. The van der Waals surface area contributed by atoms with Gasteiger partial charge in [-0.1, -0.05) is 23.7 Å². The summed E-state index contributed by atoms with van der Waals surface area (Å²) in [5.41, 5.74) is 2.82. The number of halogens is 1. The van der Waals surface area contributed by atoms with Gasteiger partial charge in [0.15, 0.2) is 0 Å². The van der Waals surface area contributed by atoms with E-state index < -0.39 is 5.97 Å². The number of carboxylic acid groups (broad SMARTS) is 1. The summed E-state index contributed by atoms with van der Waals surface area (Å²) in [6.07, 6.45) is 3.32. The molecular formula is C21H19ClN2O4. The van der Waals surface area contributed by atoms with E-state index >= 15 is 0 Å². The van der Waals surface area contributed by atoms with Crippen molar-refractivity contribution in [1.29, 1.82) is 0 Å². The Balaban J connectivity index is 1.65. The van der Waals surface area contributed by atoms with Crippen molar-refractivity contribution in [2.24, 2.45) is 17.8 Å². The minimum atomic E-state index is -0.954. The van der Waals surface area contributed by atoms with Crippen molar-refractivity contribution in [3.8, 4) is 0 Å². The molecule has 1 aliphatic heterocycles. The van der Waals surface area contributed by atoms with E-state index in [4.69, 9.17) is 11.6 Å². The van der Waals surface area contributed by atoms with E-state index in [1.807, 2.05) is 12.1 Å². The normalized spacial score (nSPS) is 29.7. The van der Waals surface area contributed by atoms with Crippen LogP contribution < -0.4 is 5.32 Å². The van der Waals surface area contributed by atoms with Crippen LogP contribution in [-0.4, -0.2) is 16.0 Å². The average Bonchev–Trinajstić information content (AvgIpc) is 3.30. The second-order valence-corrected chi connectivity index (χ2v) is 8.51. The predicted molar refractivity (Wildman–Crippen MR) is 105 cm³/mol. The minimum absolute atomic E-state index is 0.0323. The number of hydrogen-bond acceptors (Lipinski definition) is 4. The van der Waals surface area contributed by atoms with Crippen LogP contribution in [0.3, 0.4) is 0 Å². The lowest BCUT2D eigenvalue weighted by molar-refractivity contribution is -0.385. The molecular weight excluding hydrogens is 380 g/mol. The topological polar surface area (TPSA) is 92.5 Å². The summed E-state index contributed by atoms with van der Waals surface area (Å²) < 4.78 is 0. The number of fused-ring (bicyclic) bond motifs is 7. The van der Waals surface area contributed by atoms with Crippen LogP contribution in [0.15, 0.2) is 36.4 Å². The van der Waals surface area contributed by atoms with Gasteiger partial charge in [0.1, 0.15) is 0 Å². The van der Waals surface area contributed by atoms with Crippen molar-refractivity contribution in [2.45, 2.75) is 31.2 Å².